The predicted octanol–water partition coefficient (Wildman–Crippen LogP) is 2.70. The van der Waals surface area contributed by atoms with E-state index in [-0.39, 0.29) is 0 Å². The number of nitrogens with one attached hydrogen (secondary N) is 1. The van der Waals surface area contributed by atoms with E-state index in [0.29, 0.717) is 29.7 Å². The highest BCUT2D eigenvalue weighted by molar-refractivity contribution is 7.11. The molecule has 22 heavy (non-hydrogen) atoms. The molecule has 7 heteroatoms. The maximum Gasteiger partial charge on any atom is 0.193 e. The zero-order valence-electron chi connectivity index (χ0n) is 13.1. The largest absolute Gasteiger partial charge is 0.497 e. The normalized spacial score (nSPS) is 11.4. The molecular formula is C15H20N4O2S. The van der Waals surface area contributed by atoms with Gasteiger partial charge in [-0.3, -0.25) is 0 Å². The molecule has 0 aliphatic rings. The van der Waals surface area contributed by atoms with Gasteiger partial charge >= 0.3 is 0 Å². The number of methoxy groups -OCH3 is 2. The van der Waals surface area contributed by atoms with Crippen LogP contribution in [0.3, 0.4) is 0 Å². The van der Waals surface area contributed by atoms with Crippen LogP contribution in [0.2, 0.25) is 0 Å². The Hall–Kier alpha value is -2.28. The molecule has 6 nitrogen and oxygen atoms in total. The lowest BCUT2D eigenvalue weighted by Crippen LogP contribution is -2.23. The molecule has 1 heterocycles. The van der Waals surface area contributed by atoms with Crippen molar-refractivity contribution in [3.05, 3.63) is 33.8 Å². The molecule has 118 valence electrons. The molecule has 0 aliphatic carbocycles. The van der Waals surface area contributed by atoms with E-state index >= 15 is 0 Å². The number of anilines is 1. The molecule has 1 aromatic carbocycles. The second-order valence-corrected chi connectivity index (χ2v) is 5.93. The predicted molar refractivity (Wildman–Crippen MR) is 90.1 cm³/mol. The minimum Gasteiger partial charge on any atom is -0.497 e. The summed E-state index contributed by atoms with van der Waals surface area (Å²) in [6.07, 6.45) is 0. The molecular weight excluding hydrogens is 300 g/mol. The van der Waals surface area contributed by atoms with Gasteiger partial charge in [0.25, 0.3) is 0 Å². The van der Waals surface area contributed by atoms with Crippen LogP contribution < -0.4 is 20.5 Å². The van der Waals surface area contributed by atoms with Crippen molar-refractivity contribution in [1.29, 1.82) is 0 Å². The molecule has 0 saturated heterocycles. The number of hydrogen-bond donors (Lipinski definition) is 2. The quantitative estimate of drug-likeness (QED) is 0.654. The molecule has 3 N–H and O–H groups in total. The number of hydrogen-bond acceptors (Lipinski definition) is 5. The molecule has 0 aliphatic heterocycles. The van der Waals surface area contributed by atoms with Gasteiger partial charge in [-0.05, 0) is 26.0 Å². The van der Waals surface area contributed by atoms with Gasteiger partial charge in [0.2, 0.25) is 0 Å². The lowest BCUT2D eigenvalue weighted by atomic mass is 10.2. The molecule has 2 rings (SSSR count). The number of benzene rings is 1. The first-order valence-electron chi connectivity index (χ1n) is 6.75. The summed E-state index contributed by atoms with van der Waals surface area (Å²) in [6.45, 7) is 4.48. The zero-order chi connectivity index (χ0) is 16.1. The second kappa shape index (κ2) is 7.13. The average Bonchev–Trinajstić information content (AvgIpc) is 2.83. The van der Waals surface area contributed by atoms with Crippen molar-refractivity contribution < 1.29 is 9.47 Å². The Morgan fingerprint density at radius 2 is 2.09 bits per heavy atom. The summed E-state index contributed by atoms with van der Waals surface area (Å²) in [5.74, 6) is 1.68. The summed E-state index contributed by atoms with van der Waals surface area (Å²) in [7, 11) is 3.21. The molecule has 0 spiro atoms. The van der Waals surface area contributed by atoms with Crippen LogP contribution in [0, 0.1) is 13.8 Å². The van der Waals surface area contributed by atoms with Crippen molar-refractivity contribution in [2.24, 2.45) is 10.7 Å². The molecule has 0 radical (unpaired) electrons. The third-order valence-electron chi connectivity index (χ3n) is 3.13. The number of thiazole rings is 1. The van der Waals surface area contributed by atoms with Crippen LogP contribution in [0.4, 0.5) is 5.69 Å². The smallest absolute Gasteiger partial charge is 0.193 e. The fraction of sp³-hybridized carbons (Fsp3) is 0.333. The van der Waals surface area contributed by atoms with Gasteiger partial charge in [0.05, 0.1) is 32.1 Å². The Labute approximate surface area is 134 Å². The van der Waals surface area contributed by atoms with Gasteiger partial charge in [-0.1, -0.05) is 0 Å². The minimum atomic E-state index is 0.303. The third-order valence-corrected chi connectivity index (χ3v) is 4.18. The Morgan fingerprint density at radius 1 is 1.32 bits per heavy atom. The zero-order valence-corrected chi connectivity index (χ0v) is 14.0. The van der Waals surface area contributed by atoms with E-state index in [1.54, 1.807) is 31.6 Å². The molecule has 0 atom stereocenters. The third kappa shape index (κ3) is 3.88. The van der Waals surface area contributed by atoms with E-state index in [2.05, 4.69) is 15.3 Å². The summed E-state index contributed by atoms with van der Waals surface area (Å²) >= 11 is 1.63. The highest BCUT2D eigenvalue weighted by Gasteiger charge is 2.07. The van der Waals surface area contributed by atoms with Gasteiger partial charge in [0.15, 0.2) is 5.96 Å². The van der Waals surface area contributed by atoms with Crippen molar-refractivity contribution in [3.63, 3.8) is 0 Å². The molecule has 2 aromatic rings. The molecule has 0 saturated carbocycles. The summed E-state index contributed by atoms with van der Waals surface area (Å²) < 4.78 is 10.5. The number of aliphatic imine (C=N–C) groups is 1. The number of guanidine groups is 1. The van der Waals surface area contributed by atoms with E-state index in [1.807, 2.05) is 26.0 Å². The van der Waals surface area contributed by atoms with Gasteiger partial charge in [-0.2, -0.15) is 0 Å². The molecule has 0 amide bonds. The lowest BCUT2D eigenvalue weighted by molar-refractivity contribution is 0.405. The van der Waals surface area contributed by atoms with Gasteiger partial charge in [0.1, 0.15) is 16.5 Å². The Kier molecular flexibility index (Phi) is 5.21. The van der Waals surface area contributed by atoms with E-state index in [4.69, 9.17) is 15.2 Å². The Morgan fingerprint density at radius 3 is 2.68 bits per heavy atom. The van der Waals surface area contributed by atoms with Crippen LogP contribution in [0.5, 0.6) is 11.5 Å². The summed E-state index contributed by atoms with van der Waals surface area (Å²) in [6, 6.07) is 5.43. The fourth-order valence-corrected chi connectivity index (χ4v) is 2.71. The van der Waals surface area contributed by atoms with E-state index in [1.165, 1.54) is 4.88 Å². The molecule has 0 bridgehead atoms. The number of rotatable bonds is 5. The van der Waals surface area contributed by atoms with Crippen molar-refractivity contribution in [1.82, 2.24) is 4.98 Å². The van der Waals surface area contributed by atoms with Crippen LogP contribution >= 0.6 is 11.3 Å². The monoisotopic (exact) mass is 320 g/mol. The number of nitrogens with zero attached hydrogens (tertiary/aromatic N) is 2. The highest BCUT2D eigenvalue weighted by atomic mass is 32.1. The van der Waals surface area contributed by atoms with Crippen LogP contribution in [-0.4, -0.2) is 25.2 Å². The summed E-state index contributed by atoms with van der Waals surface area (Å²) in [5, 5.41) is 3.97. The number of ether oxygens (including phenoxy) is 2. The lowest BCUT2D eigenvalue weighted by Gasteiger charge is -2.11. The van der Waals surface area contributed by atoms with Gasteiger partial charge < -0.3 is 20.5 Å². The second-order valence-electron chi connectivity index (χ2n) is 4.64. The first kappa shape index (κ1) is 16.1. The van der Waals surface area contributed by atoms with Crippen LogP contribution in [-0.2, 0) is 6.54 Å². The van der Waals surface area contributed by atoms with Gasteiger partial charge in [-0.25, -0.2) is 9.98 Å². The van der Waals surface area contributed by atoms with E-state index < -0.39 is 0 Å². The highest BCUT2D eigenvalue weighted by Crippen LogP contribution is 2.28. The standard InChI is InChI=1S/C15H20N4O2S/c1-9-10(2)22-14(18-9)8-17-15(16)19-12-7-11(20-3)5-6-13(12)21-4/h5-7H,8H2,1-4H3,(H3,16,17,19). The van der Waals surface area contributed by atoms with E-state index in [9.17, 15) is 0 Å². The first-order valence-corrected chi connectivity index (χ1v) is 7.57. The van der Waals surface area contributed by atoms with E-state index in [0.717, 1.165) is 10.7 Å². The maximum absolute atomic E-state index is 5.93. The average molecular weight is 320 g/mol. The summed E-state index contributed by atoms with van der Waals surface area (Å²) in [5.41, 5.74) is 7.67. The maximum atomic E-state index is 5.93. The van der Waals surface area contributed by atoms with Crippen LogP contribution in [0.25, 0.3) is 0 Å². The first-order chi connectivity index (χ1) is 10.5. The topological polar surface area (TPSA) is 81.8 Å². The summed E-state index contributed by atoms with van der Waals surface area (Å²) in [4.78, 5) is 9.94. The van der Waals surface area contributed by atoms with Gasteiger partial charge in [-0.15, -0.1) is 11.3 Å². The van der Waals surface area contributed by atoms with Crippen molar-refractivity contribution in [3.8, 4) is 11.5 Å². The van der Waals surface area contributed by atoms with Crippen molar-refractivity contribution in [2.75, 3.05) is 19.5 Å². The van der Waals surface area contributed by atoms with Crippen molar-refractivity contribution in [2.45, 2.75) is 20.4 Å². The molecule has 0 fully saturated rings. The molecule has 0 unspecified atom stereocenters. The number of nitrogens with two attached hydrogens (primary N) is 1. The molecule has 1 aromatic heterocycles. The van der Waals surface area contributed by atoms with Gasteiger partial charge in [0, 0.05) is 10.9 Å². The number of aromatic nitrogens is 1. The minimum absolute atomic E-state index is 0.303. The van der Waals surface area contributed by atoms with Crippen LogP contribution in [0.15, 0.2) is 23.2 Å². The Balaban J connectivity index is 2.10. The van der Waals surface area contributed by atoms with Crippen LogP contribution in [0.1, 0.15) is 15.6 Å². The van der Waals surface area contributed by atoms with Crippen molar-refractivity contribution >= 4 is 23.0 Å². The Bertz CT molecular complexity index is 663. The number of aryl methyl sites for hydroxylation is 2. The SMILES string of the molecule is COc1ccc(OC)c(NC(N)=NCc2nc(C)c(C)s2)c1. The fourth-order valence-electron chi connectivity index (χ4n) is 1.85.